The van der Waals surface area contributed by atoms with Gasteiger partial charge in [0.1, 0.15) is 11.6 Å². The van der Waals surface area contributed by atoms with E-state index in [1.807, 2.05) is 13.8 Å². The van der Waals surface area contributed by atoms with E-state index in [2.05, 4.69) is 5.32 Å². The van der Waals surface area contributed by atoms with Crippen molar-refractivity contribution in [3.05, 3.63) is 29.6 Å². The third kappa shape index (κ3) is 5.26. The number of benzene rings is 1. The van der Waals surface area contributed by atoms with Gasteiger partial charge in [-0.1, -0.05) is 0 Å². The van der Waals surface area contributed by atoms with Crippen molar-refractivity contribution in [1.82, 2.24) is 5.32 Å². The molecule has 0 fully saturated rings. The largest absolute Gasteiger partial charge is 0.493 e. The highest BCUT2D eigenvalue weighted by atomic mass is 19.1. The van der Waals surface area contributed by atoms with E-state index in [0.717, 1.165) is 0 Å². The first-order chi connectivity index (χ1) is 8.90. The second kappa shape index (κ2) is 7.09. The Balaban J connectivity index is 2.46. The summed E-state index contributed by atoms with van der Waals surface area (Å²) in [6.45, 7) is 5.44. The van der Waals surface area contributed by atoms with Gasteiger partial charge in [-0.2, -0.15) is 0 Å². The van der Waals surface area contributed by atoms with E-state index in [-0.39, 0.29) is 30.5 Å². The molecular weight excluding hydrogens is 249 g/mol. The maximum Gasteiger partial charge on any atom is 0.223 e. The lowest BCUT2D eigenvalue weighted by Crippen LogP contribution is -2.31. The van der Waals surface area contributed by atoms with Crippen LogP contribution in [0.25, 0.3) is 0 Å². The SMILES string of the molecule is CC(C)NC(=O)CCOc1ccc([C@@H](C)O)c(F)c1. The molecule has 1 aromatic carbocycles. The highest BCUT2D eigenvalue weighted by molar-refractivity contribution is 5.76. The summed E-state index contributed by atoms with van der Waals surface area (Å²) in [6.07, 6.45) is -0.635. The summed E-state index contributed by atoms with van der Waals surface area (Å²) in [5, 5.41) is 12.0. The zero-order chi connectivity index (χ0) is 14.4. The first-order valence-corrected chi connectivity index (χ1v) is 6.30. The summed E-state index contributed by atoms with van der Waals surface area (Å²) in [5.41, 5.74) is 0.227. The van der Waals surface area contributed by atoms with Crippen LogP contribution in [0.5, 0.6) is 5.75 Å². The number of nitrogens with one attached hydrogen (secondary N) is 1. The van der Waals surface area contributed by atoms with Crippen molar-refractivity contribution in [1.29, 1.82) is 0 Å². The predicted octanol–water partition coefficient (Wildman–Crippen LogP) is 2.17. The van der Waals surface area contributed by atoms with Crippen LogP contribution in [0.1, 0.15) is 38.9 Å². The molecule has 1 rings (SSSR count). The Morgan fingerprint density at radius 2 is 2.11 bits per heavy atom. The average Bonchev–Trinajstić information content (AvgIpc) is 2.27. The minimum Gasteiger partial charge on any atom is -0.493 e. The molecule has 1 aromatic rings. The lowest BCUT2D eigenvalue weighted by Gasteiger charge is -2.11. The van der Waals surface area contributed by atoms with E-state index < -0.39 is 11.9 Å². The Labute approximate surface area is 112 Å². The summed E-state index contributed by atoms with van der Waals surface area (Å²) in [6, 6.07) is 4.35. The van der Waals surface area contributed by atoms with E-state index in [1.54, 1.807) is 6.07 Å². The fourth-order valence-electron chi connectivity index (χ4n) is 1.59. The van der Waals surface area contributed by atoms with Crippen LogP contribution in [0, 0.1) is 5.82 Å². The van der Waals surface area contributed by atoms with Gasteiger partial charge in [0.2, 0.25) is 5.91 Å². The van der Waals surface area contributed by atoms with Crippen LogP contribution in [-0.4, -0.2) is 23.7 Å². The molecule has 0 radical (unpaired) electrons. The standard InChI is InChI=1S/C14H20FNO3/c1-9(2)16-14(18)6-7-19-11-4-5-12(10(3)17)13(15)8-11/h4-5,8-10,17H,6-7H2,1-3H3,(H,16,18)/t10-/m1/s1. The van der Waals surface area contributed by atoms with Crippen LogP contribution in [0.2, 0.25) is 0 Å². The van der Waals surface area contributed by atoms with Crippen LogP contribution < -0.4 is 10.1 Å². The van der Waals surface area contributed by atoms with E-state index >= 15 is 0 Å². The molecule has 0 saturated heterocycles. The molecule has 0 aliphatic rings. The molecule has 2 N–H and O–H groups in total. The summed E-state index contributed by atoms with van der Waals surface area (Å²) in [7, 11) is 0. The van der Waals surface area contributed by atoms with Crippen molar-refractivity contribution in [2.45, 2.75) is 39.3 Å². The highest BCUT2D eigenvalue weighted by Gasteiger charge is 2.09. The Kier molecular flexibility index (Phi) is 5.76. The summed E-state index contributed by atoms with van der Waals surface area (Å²) < 4.78 is 18.8. The molecule has 0 aliphatic heterocycles. The number of aliphatic hydroxyl groups excluding tert-OH is 1. The van der Waals surface area contributed by atoms with E-state index in [4.69, 9.17) is 4.74 Å². The Bertz CT molecular complexity index is 433. The quantitative estimate of drug-likeness (QED) is 0.832. The van der Waals surface area contributed by atoms with Crippen LogP contribution in [0.3, 0.4) is 0 Å². The third-order valence-electron chi connectivity index (χ3n) is 2.47. The molecule has 0 aliphatic carbocycles. The van der Waals surface area contributed by atoms with Crippen molar-refractivity contribution in [2.75, 3.05) is 6.61 Å². The Morgan fingerprint density at radius 1 is 1.42 bits per heavy atom. The Hall–Kier alpha value is -1.62. The molecule has 0 spiro atoms. The lowest BCUT2D eigenvalue weighted by molar-refractivity contribution is -0.122. The van der Waals surface area contributed by atoms with E-state index in [9.17, 15) is 14.3 Å². The molecule has 4 nitrogen and oxygen atoms in total. The van der Waals surface area contributed by atoms with Gasteiger partial charge in [0.25, 0.3) is 0 Å². The number of aliphatic hydroxyl groups is 1. The molecule has 0 unspecified atom stereocenters. The van der Waals surface area contributed by atoms with Gasteiger partial charge in [-0.25, -0.2) is 4.39 Å². The van der Waals surface area contributed by atoms with Crippen LogP contribution in [0.4, 0.5) is 4.39 Å². The number of hydrogen-bond donors (Lipinski definition) is 2. The predicted molar refractivity (Wildman–Crippen MR) is 70.4 cm³/mol. The smallest absolute Gasteiger partial charge is 0.223 e. The number of ether oxygens (including phenoxy) is 1. The lowest BCUT2D eigenvalue weighted by atomic mass is 10.1. The van der Waals surface area contributed by atoms with Crippen LogP contribution in [0.15, 0.2) is 18.2 Å². The number of rotatable bonds is 6. The minimum atomic E-state index is -0.856. The van der Waals surface area contributed by atoms with Gasteiger partial charge >= 0.3 is 0 Å². The topological polar surface area (TPSA) is 58.6 Å². The second-order valence-electron chi connectivity index (χ2n) is 4.68. The number of halogens is 1. The van der Waals surface area contributed by atoms with Crippen molar-refractivity contribution < 1.29 is 19.0 Å². The first kappa shape index (κ1) is 15.4. The maximum atomic E-state index is 13.5. The molecule has 19 heavy (non-hydrogen) atoms. The van der Waals surface area contributed by atoms with Gasteiger partial charge in [-0.15, -0.1) is 0 Å². The first-order valence-electron chi connectivity index (χ1n) is 6.30. The average molecular weight is 269 g/mol. The van der Waals surface area contributed by atoms with Gasteiger partial charge in [-0.3, -0.25) is 4.79 Å². The molecule has 5 heteroatoms. The fourth-order valence-corrected chi connectivity index (χ4v) is 1.59. The molecule has 0 heterocycles. The van der Waals surface area contributed by atoms with Crippen molar-refractivity contribution in [3.63, 3.8) is 0 Å². The summed E-state index contributed by atoms with van der Waals surface area (Å²) >= 11 is 0. The number of carbonyl (C=O) groups is 1. The zero-order valence-corrected chi connectivity index (χ0v) is 11.4. The van der Waals surface area contributed by atoms with Crippen molar-refractivity contribution in [3.8, 4) is 5.75 Å². The van der Waals surface area contributed by atoms with E-state index in [1.165, 1.54) is 19.1 Å². The van der Waals surface area contributed by atoms with Crippen molar-refractivity contribution >= 4 is 5.91 Å². The molecule has 0 bridgehead atoms. The monoisotopic (exact) mass is 269 g/mol. The summed E-state index contributed by atoms with van der Waals surface area (Å²) in [5.74, 6) is -0.269. The van der Waals surface area contributed by atoms with Gasteiger partial charge in [0, 0.05) is 17.7 Å². The van der Waals surface area contributed by atoms with Crippen LogP contribution >= 0.6 is 0 Å². The second-order valence-corrected chi connectivity index (χ2v) is 4.68. The van der Waals surface area contributed by atoms with Gasteiger partial charge in [-0.05, 0) is 32.9 Å². The molecule has 1 atom stereocenters. The fraction of sp³-hybridized carbons (Fsp3) is 0.500. The van der Waals surface area contributed by atoms with Gasteiger partial charge < -0.3 is 15.2 Å². The number of hydrogen-bond acceptors (Lipinski definition) is 3. The molecule has 0 aromatic heterocycles. The maximum absolute atomic E-state index is 13.5. The van der Waals surface area contributed by atoms with E-state index in [0.29, 0.717) is 5.75 Å². The summed E-state index contributed by atoms with van der Waals surface area (Å²) in [4.78, 5) is 11.4. The molecular formula is C14H20FNO3. The molecule has 0 saturated carbocycles. The molecule has 1 amide bonds. The highest BCUT2D eigenvalue weighted by Crippen LogP contribution is 2.21. The normalized spacial score (nSPS) is 12.3. The number of carbonyl (C=O) groups excluding carboxylic acids is 1. The molecule has 106 valence electrons. The third-order valence-corrected chi connectivity index (χ3v) is 2.47. The zero-order valence-electron chi connectivity index (χ0n) is 11.4. The van der Waals surface area contributed by atoms with Gasteiger partial charge in [0.15, 0.2) is 0 Å². The van der Waals surface area contributed by atoms with Crippen molar-refractivity contribution in [2.24, 2.45) is 0 Å². The van der Waals surface area contributed by atoms with Gasteiger partial charge in [0.05, 0.1) is 19.1 Å². The minimum absolute atomic E-state index is 0.0928. The Morgan fingerprint density at radius 3 is 2.63 bits per heavy atom. The van der Waals surface area contributed by atoms with Crippen LogP contribution in [-0.2, 0) is 4.79 Å². The number of amides is 1.